The normalized spacial score (nSPS) is 10.5. The summed E-state index contributed by atoms with van der Waals surface area (Å²) in [5, 5.41) is 6.97. The second-order valence-corrected chi connectivity index (χ2v) is 5.47. The average molecular weight is 306 g/mol. The summed E-state index contributed by atoms with van der Waals surface area (Å²) in [5.74, 6) is 1.58. The first kappa shape index (κ1) is 15.0. The van der Waals surface area contributed by atoms with Crippen molar-refractivity contribution in [2.45, 2.75) is 20.3 Å². The van der Waals surface area contributed by atoms with Gasteiger partial charge in [0.1, 0.15) is 17.2 Å². The Balaban J connectivity index is 1.76. The molecule has 116 valence electrons. The van der Waals surface area contributed by atoms with Crippen LogP contribution in [0.25, 0.3) is 0 Å². The van der Waals surface area contributed by atoms with Gasteiger partial charge in [-0.25, -0.2) is 0 Å². The minimum atomic E-state index is -0.0200. The molecule has 1 heterocycles. The zero-order valence-electron chi connectivity index (χ0n) is 13.2. The Morgan fingerprint density at radius 2 is 1.70 bits per heavy atom. The number of benzene rings is 2. The van der Waals surface area contributed by atoms with Crippen molar-refractivity contribution < 1.29 is 9.53 Å². The zero-order valence-corrected chi connectivity index (χ0v) is 13.2. The van der Waals surface area contributed by atoms with Crippen LogP contribution in [-0.4, -0.2) is 16.0 Å². The lowest BCUT2D eigenvalue weighted by molar-refractivity contribution is 0.101. The Bertz CT molecular complexity index is 805. The van der Waals surface area contributed by atoms with Crippen LogP contribution in [0.1, 0.15) is 34.2 Å². The number of aromatic nitrogens is 2. The number of nitrogens with one attached hydrogen (secondary N) is 1. The lowest BCUT2D eigenvalue weighted by atomic mass is 10.0. The molecule has 0 radical (unpaired) electrons. The number of ketones is 1. The molecule has 0 aliphatic heterocycles. The van der Waals surface area contributed by atoms with Crippen molar-refractivity contribution in [3.05, 3.63) is 77.1 Å². The average Bonchev–Trinajstić information content (AvgIpc) is 2.91. The molecule has 0 saturated carbocycles. The second kappa shape index (κ2) is 6.48. The summed E-state index contributed by atoms with van der Waals surface area (Å²) < 4.78 is 5.78. The molecule has 0 aliphatic rings. The van der Waals surface area contributed by atoms with Gasteiger partial charge in [0.2, 0.25) is 0 Å². The van der Waals surface area contributed by atoms with E-state index in [1.807, 2.05) is 61.5 Å². The first-order chi connectivity index (χ1) is 11.1. The molecular weight excluding hydrogens is 288 g/mol. The van der Waals surface area contributed by atoms with E-state index in [1.165, 1.54) is 6.92 Å². The Labute approximate surface area is 135 Å². The lowest BCUT2D eigenvalue weighted by Gasteiger charge is -2.07. The minimum absolute atomic E-state index is 0.0200. The molecule has 0 atom stereocenters. The van der Waals surface area contributed by atoms with Crippen LogP contribution >= 0.6 is 0 Å². The van der Waals surface area contributed by atoms with Crippen molar-refractivity contribution in [3.63, 3.8) is 0 Å². The molecule has 0 spiro atoms. The van der Waals surface area contributed by atoms with E-state index in [0.29, 0.717) is 12.1 Å². The number of nitrogens with zero attached hydrogens (tertiary/aromatic N) is 1. The van der Waals surface area contributed by atoms with Gasteiger partial charge in [-0.15, -0.1) is 0 Å². The lowest BCUT2D eigenvalue weighted by Crippen LogP contribution is -2.00. The zero-order chi connectivity index (χ0) is 16.2. The number of Topliss-reactive ketones (excluding diaryl/α,β-unsaturated/α-hetero) is 1. The first-order valence-electron chi connectivity index (χ1n) is 7.50. The molecule has 23 heavy (non-hydrogen) atoms. The predicted molar refractivity (Wildman–Crippen MR) is 89.1 cm³/mol. The number of carbonyl (C=O) groups excluding carboxylic acids is 1. The molecule has 0 saturated heterocycles. The van der Waals surface area contributed by atoms with Crippen LogP contribution in [0.4, 0.5) is 0 Å². The minimum Gasteiger partial charge on any atom is -0.457 e. The fourth-order valence-corrected chi connectivity index (χ4v) is 2.46. The van der Waals surface area contributed by atoms with Gasteiger partial charge in [0.05, 0.1) is 0 Å². The predicted octanol–water partition coefficient (Wildman–Crippen LogP) is 4.30. The quantitative estimate of drug-likeness (QED) is 0.715. The molecule has 4 heteroatoms. The standard InChI is InChI=1S/C19H18N2O2/c1-13-18(19(14(2)22)21-20-13)12-15-8-10-17(11-9-15)23-16-6-4-3-5-7-16/h3-11H,12H2,1-2H3,(H,20,21). The summed E-state index contributed by atoms with van der Waals surface area (Å²) in [5.41, 5.74) is 3.51. The third kappa shape index (κ3) is 3.48. The van der Waals surface area contributed by atoms with Gasteiger partial charge in [-0.2, -0.15) is 5.10 Å². The summed E-state index contributed by atoms with van der Waals surface area (Å²) in [4.78, 5) is 11.6. The van der Waals surface area contributed by atoms with Crippen LogP contribution in [0.15, 0.2) is 54.6 Å². The van der Waals surface area contributed by atoms with Gasteiger partial charge in [-0.3, -0.25) is 9.89 Å². The number of carbonyl (C=O) groups is 1. The van der Waals surface area contributed by atoms with Crippen LogP contribution in [0.5, 0.6) is 11.5 Å². The highest BCUT2D eigenvalue weighted by atomic mass is 16.5. The fourth-order valence-electron chi connectivity index (χ4n) is 2.46. The van der Waals surface area contributed by atoms with Gasteiger partial charge in [-0.05, 0) is 36.8 Å². The number of hydrogen-bond donors (Lipinski definition) is 1. The Morgan fingerprint density at radius 3 is 2.35 bits per heavy atom. The highest BCUT2D eigenvalue weighted by Crippen LogP contribution is 2.23. The van der Waals surface area contributed by atoms with Gasteiger partial charge in [0.15, 0.2) is 5.78 Å². The van der Waals surface area contributed by atoms with Crippen LogP contribution < -0.4 is 4.74 Å². The SMILES string of the molecule is CC(=O)c1n[nH]c(C)c1Cc1ccc(Oc2ccccc2)cc1. The number of aryl methyl sites for hydroxylation is 1. The summed E-state index contributed by atoms with van der Waals surface area (Å²) in [6.07, 6.45) is 0.670. The van der Waals surface area contributed by atoms with Crippen LogP contribution in [-0.2, 0) is 6.42 Å². The smallest absolute Gasteiger partial charge is 0.180 e. The molecule has 4 nitrogen and oxygen atoms in total. The van der Waals surface area contributed by atoms with Crippen molar-refractivity contribution in [1.82, 2.24) is 10.2 Å². The number of para-hydroxylation sites is 1. The highest BCUT2D eigenvalue weighted by Gasteiger charge is 2.14. The molecule has 2 aromatic carbocycles. The summed E-state index contributed by atoms with van der Waals surface area (Å²) in [7, 11) is 0. The van der Waals surface area contributed by atoms with E-state index in [1.54, 1.807) is 0 Å². The van der Waals surface area contributed by atoms with E-state index >= 15 is 0 Å². The van der Waals surface area contributed by atoms with Crippen molar-refractivity contribution in [2.24, 2.45) is 0 Å². The maximum atomic E-state index is 11.6. The summed E-state index contributed by atoms with van der Waals surface area (Å²) in [6, 6.07) is 17.6. The highest BCUT2D eigenvalue weighted by molar-refractivity contribution is 5.93. The molecule has 0 amide bonds. The van der Waals surface area contributed by atoms with Crippen LogP contribution in [0, 0.1) is 6.92 Å². The van der Waals surface area contributed by atoms with Crippen molar-refractivity contribution in [3.8, 4) is 11.5 Å². The number of ether oxygens (including phenoxy) is 1. The molecule has 0 fully saturated rings. The van der Waals surface area contributed by atoms with Gasteiger partial charge < -0.3 is 4.74 Å². The van der Waals surface area contributed by atoms with E-state index in [4.69, 9.17) is 4.74 Å². The maximum absolute atomic E-state index is 11.6. The van der Waals surface area contributed by atoms with Gasteiger partial charge >= 0.3 is 0 Å². The number of hydrogen-bond acceptors (Lipinski definition) is 3. The largest absolute Gasteiger partial charge is 0.457 e. The third-order valence-corrected chi connectivity index (χ3v) is 3.69. The van der Waals surface area contributed by atoms with Crippen molar-refractivity contribution >= 4 is 5.78 Å². The molecule has 1 N–H and O–H groups in total. The van der Waals surface area contributed by atoms with Crippen molar-refractivity contribution in [1.29, 1.82) is 0 Å². The Hall–Kier alpha value is -2.88. The van der Waals surface area contributed by atoms with E-state index in [2.05, 4.69) is 10.2 Å². The van der Waals surface area contributed by atoms with E-state index in [0.717, 1.165) is 28.3 Å². The molecule has 3 aromatic rings. The van der Waals surface area contributed by atoms with Gasteiger partial charge in [0, 0.05) is 24.6 Å². The Morgan fingerprint density at radius 1 is 1.04 bits per heavy atom. The molecule has 0 bridgehead atoms. The summed E-state index contributed by atoms with van der Waals surface area (Å²) in [6.45, 7) is 3.47. The van der Waals surface area contributed by atoms with Crippen LogP contribution in [0.3, 0.4) is 0 Å². The number of aromatic amines is 1. The third-order valence-electron chi connectivity index (χ3n) is 3.69. The topological polar surface area (TPSA) is 55.0 Å². The summed E-state index contributed by atoms with van der Waals surface area (Å²) >= 11 is 0. The van der Waals surface area contributed by atoms with Crippen molar-refractivity contribution in [2.75, 3.05) is 0 Å². The second-order valence-electron chi connectivity index (χ2n) is 5.47. The number of H-pyrrole nitrogens is 1. The maximum Gasteiger partial charge on any atom is 0.180 e. The van der Waals surface area contributed by atoms with E-state index in [-0.39, 0.29) is 5.78 Å². The molecular formula is C19H18N2O2. The molecule has 3 rings (SSSR count). The van der Waals surface area contributed by atoms with E-state index in [9.17, 15) is 4.79 Å². The van der Waals surface area contributed by atoms with Crippen LogP contribution in [0.2, 0.25) is 0 Å². The fraction of sp³-hybridized carbons (Fsp3) is 0.158. The molecule has 0 aliphatic carbocycles. The number of rotatable bonds is 5. The van der Waals surface area contributed by atoms with Gasteiger partial charge in [-0.1, -0.05) is 30.3 Å². The first-order valence-corrected chi connectivity index (χ1v) is 7.50. The molecule has 0 unspecified atom stereocenters. The van der Waals surface area contributed by atoms with E-state index < -0.39 is 0 Å². The Kier molecular flexibility index (Phi) is 4.24. The van der Waals surface area contributed by atoms with Gasteiger partial charge in [0.25, 0.3) is 0 Å². The monoisotopic (exact) mass is 306 g/mol. The molecule has 1 aromatic heterocycles.